The molecule has 0 saturated heterocycles. The van der Waals surface area contributed by atoms with Crippen LogP contribution in [0.1, 0.15) is 105 Å². The fourth-order valence-corrected chi connectivity index (χ4v) is 8.30. The number of aliphatic imine (C=N–C) groups is 1. The molecule has 1 unspecified atom stereocenters. The van der Waals surface area contributed by atoms with E-state index >= 15 is 0 Å². The Hall–Kier alpha value is -4.74. The van der Waals surface area contributed by atoms with E-state index in [-0.39, 0.29) is 42.1 Å². The van der Waals surface area contributed by atoms with Crippen molar-refractivity contribution < 1.29 is 23.9 Å². The first-order valence-corrected chi connectivity index (χ1v) is 17.9. The highest BCUT2D eigenvalue weighted by molar-refractivity contribution is 7.15. The average molecular weight is 710 g/mol. The second-order valence-electron chi connectivity index (χ2n) is 13.1. The van der Waals surface area contributed by atoms with Crippen LogP contribution in [0.15, 0.2) is 59.6 Å². The molecule has 0 spiro atoms. The van der Waals surface area contributed by atoms with Crippen LogP contribution in [0.2, 0.25) is 5.02 Å². The van der Waals surface area contributed by atoms with E-state index in [0.29, 0.717) is 48.7 Å². The lowest BCUT2D eigenvalue weighted by Crippen LogP contribution is -2.46. The molecule has 1 aliphatic carbocycles. The minimum atomic E-state index is -0.787. The Morgan fingerprint density at radius 2 is 1.80 bits per heavy atom. The van der Waals surface area contributed by atoms with Gasteiger partial charge in [0.2, 0.25) is 0 Å². The third-order valence-electron chi connectivity index (χ3n) is 9.67. The zero-order valence-corrected chi connectivity index (χ0v) is 29.7. The van der Waals surface area contributed by atoms with E-state index in [1.54, 1.807) is 29.5 Å². The van der Waals surface area contributed by atoms with Gasteiger partial charge in [-0.1, -0.05) is 42.0 Å². The molecule has 0 bridgehead atoms. The van der Waals surface area contributed by atoms with Gasteiger partial charge in [-0.25, -0.2) is 0 Å². The van der Waals surface area contributed by atoms with E-state index in [1.165, 1.54) is 4.88 Å². The molecule has 256 valence electrons. The van der Waals surface area contributed by atoms with E-state index in [2.05, 4.69) is 30.6 Å². The fraction of sp³-hybridized carbons (Fsp3) is 0.342. The summed E-state index contributed by atoms with van der Waals surface area (Å²) in [6, 6.07) is 11.2. The van der Waals surface area contributed by atoms with Crippen molar-refractivity contribution in [2.45, 2.75) is 77.8 Å². The van der Waals surface area contributed by atoms with Crippen LogP contribution in [0.25, 0.3) is 5.00 Å². The van der Waals surface area contributed by atoms with Crippen molar-refractivity contribution in [1.82, 2.24) is 19.7 Å². The number of ether oxygens (including phenoxy) is 1. The maximum absolute atomic E-state index is 13.5. The number of hydrogen-bond acceptors (Lipinski definition) is 9. The lowest BCUT2D eigenvalue weighted by Gasteiger charge is -2.29. The largest absolute Gasteiger partial charge is 0.493 e. The highest BCUT2D eigenvalue weighted by Crippen LogP contribution is 2.40. The number of benzene rings is 2. The Bertz CT molecular complexity index is 2110. The van der Waals surface area contributed by atoms with Crippen molar-refractivity contribution in [2.24, 2.45) is 4.99 Å². The molecule has 2 atom stereocenters. The number of Topliss-reactive ketones (excluding diaryl/α,β-unsaturated/α-hetero) is 2. The second-order valence-corrected chi connectivity index (χ2v) is 14.7. The molecule has 2 amide bonds. The standard InChI is InChI=1S/C38H36ClN5O5S/c1-20-11-16-29(30(46)18-20)44-36(47)27-9-7-10-31(33(27)37(44)48)49-17-6-5-8-26(45)19-28-35-42-41-23(4)43(35)38-32(21(2)22(3)50-38)34(40-28)24-12-14-25(39)15-13-24/h7,9-10,12-15,28-29H,1,5-6,8,11,16-19H2,2-4H3/t28-,29?/m0/s1. The topological polar surface area (TPSA) is 124 Å². The number of carbonyl (C=O) groups excluding carboxylic acids is 4. The lowest BCUT2D eigenvalue weighted by atomic mass is 9.89. The van der Waals surface area contributed by atoms with Gasteiger partial charge in [-0.2, -0.15) is 0 Å². The number of carbonyl (C=O) groups is 4. The third kappa shape index (κ3) is 6.02. The van der Waals surface area contributed by atoms with Gasteiger partial charge in [-0.15, -0.1) is 21.5 Å². The summed E-state index contributed by atoms with van der Waals surface area (Å²) in [5, 5.41) is 10.5. The number of thiophene rings is 1. The fourth-order valence-electron chi connectivity index (χ4n) is 6.96. The zero-order chi connectivity index (χ0) is 35.3. The van der Waals surface area contributed by atoms with E-state index in [1.807, 2.05) is 35.8 Å². The Labute approximate surface area is 298 Å². The van der Waals surface area contributed by atoms with E-state index in [4.69, 9.17) is 21.3 Å². The van der Waals surface area contributed by atoms with Gasteiger partial charge in [0.15, 0.2) is 11.6 Å². The lowest BCUT2D eigenvalue weighted by molar-refractivity contribution is -0.123. The first-order valence-electron chi connectivity index (χ1n) is 16.7. The van der Waals surface area contributed by atoms with Crippen molar-refractivity contribution in [3.05, 3.63) is 104 Å². The van der Waals surface area contributed by atoms with Crippen LogP contribution in [0.3, 0.4) is 0 Å². The molecule has 4 aromatic rings. The number of aromatic nitrogens is 3. The molecule has 0 N–H and O–H groups in total. The molecule has 1 saturated carbocycles. The quantitative estimate of drug-likeness (QED) is 0.0963. The Balaban J connectivity index is 1.02. The van der Waals surface area contributed by atoms with Crippen molar-refractivity contribution in [3.63, 3.8) is 0 Å². The van der Waals surface area contributed by atoms with Crippen LogP contribution in [-0.4, -0.2) is 61.4 Å². The van der Waals surface area contributed by atoms with Gasteiger partial charge in [0, 0.05) is 40.3 Å². The summed E-state index contributed by atoms with van der Waals surface area (Å²) < 4.78 is 8.03. The summed E-state index contributed by atoms with van der Waals surface area (Å²) in [7, 11) is 0. The molecule has 50 heavy (non-hydrogen) atoms. The number of nitrogens with zero attached hydrogens (tertiary/aromatic N) is 5. The zero-order valence-electron chi connectivity index (χ0n) is 28.1. The van der Waals surface area contributed by atoms with Gasteiger partial charge in [0.1, 0.15) is 28.4 Å². The van der Waals surface area contributed by atoms with E-state index in [9.17, 15) is 19.2 Å². The van der Waals surface area contributed by atoms with Crippen LogP contribution in [-0.2, 0) is 9.59 Å². The predicted molar refractivity (Wildman–Crippen MR) is 191 cm³/mol. The number of unbranched alkanes of at least 4 members (excludes halogenated alkanes) is 1. The molecule has 1 fully saturated rings. The highest BCUT2D eigenvalue weighted by Gasteiger charge is 2.45. The number of fused-ring (bicyclic) bond motifs is 4. The van der Waals surface area contributed by atoms with Gasteiger partial charge in [-0.05, 0) is 76.3 Å². The van der Waals surface area contributed by atoms with Gasteiger partial charge >= 0.3 is 0 Å². The summed E-state index contributed by atoms with van der Waals surface area (Å²) in [5.41, 5.74) is 5.09. The number of rotatable bonds is 10. The van der Waals surface area contributed by atoms with Crippen LogP contribution >= 0.6 is 22.9 Å². The average Bonchev–Trinajstić information content (AvgIpc) is 3.66. The number of imide groups is 1. The smallest absolute Gasteiger partial charge is 0.266 e. The summed E-state index contributed by atoms with van der Waals surface area (Å²) in [5.74, 6) is 0.558. The molecule has 2 aromatic heterocycles. The Kier molecular flexibility index (Phi) is 9.13. The minimum Gasteiger partial charge on any atom is -0.493 e. The van der Waals surface area contributed by atoms with Gasteiger partial charge < -0.3 is 4.74 Å². The van der Waals surface area contributed by atoms with Crippen LogP contribution < -0.4 is 4.74 Å². The van der Waals surface area contributed by atoms with Gasteiger partial charge in [-0.3, -0.25) is 33.6 Å². The molecule has 7 rings (SSSR count). The molecule has 10 nitrogen and oxygen atoms in total. The van der Waals surface area contributed by atoms with Crippen LogP contribution in [0.5, 0.6) is 5.75 Å². The maximum Gasteiger partial charge on any atom is 0.266 e. The summed E-state index contributed by atoms with van der Waals surface area (Å²) in [6.45, 7) is 10.2. The van der Waals surface area contributed by atoms with Crippen LogP contribution in [0.4, 0.5) is 0 Å². The van der Waals surface area contributed by atoms with Crippen molar-refractivity contribution in [1.29, 1.82) is 0 Å². The molecular formula is C38H36ClN5O5S. The number of aryl methyl sites for hydroxylation is 2. The van der Waals surface area contributed by atoms with E-state index in [0.717, 1.165) is 43.7 Å². The van der Waals surface area contributed by atoms with Gasteiger partial charge in [0.05, 0.1) is 29.5 Å². The number of amides is 2. The predicted octanol–water partition coefficient (Wildman–Crippen LogP) is 7.28. The van der Waals surface area contributed by atoms with E-state index < -0.39 is 23.9 Å². The molecule has 0 radical (unpaired) electrons. The number of allylic oxidation sites excluding steroid dienone is 1. The number of hydrogen-bond donors (Lipinski definition) is 0. The molecule has 3 aliphatic rings. The third-order valence-corrected chi connectivity index (χ3v) is 11.1. The minimum absolute atomic E-state index is 0.0383. The summed E-state index contributed by atoms with van der Waals surface area (Å²) >= 11 is 7.88. The van der Waals surface area contributed by atoms with Gasteiger partial charge in [0.25, 0.3) is 11.8 Å². The molecule has 12 heteroatoms. The Morgan fingerprint density at radius 1 is 1.02 bits per heavy atom. The first-order chi connectivity index (χ1) is 24.0. The normalized spacial score (nSPS) is 18.5. The first kappa shape index (κ1) is 33.7. The summed E-state index contributed by atoms with van der Waals surface area (Å²) in [6.07, 6.45) is 2.74. The van der Waals surface area contributed by atoms with Crippen molar-refractivity contribution in [2.75, 3.05) is 6.61 Å². The highest BCUT2D eigenvalue weighted by atomic mass is 35.5. The number of ketones is 2. The summed E-state index contributed by atoms with van der Waals surface area (Å²) in [4.78, 5) is 60.2. The monoisotopic (exact) mass is 709 g/mol. The second kappa shape index (κ2) is 13.5. The number of halogens is 1. The van der Waals surface area contributed by atoms with Crippen LogP contribution in [0, 0.1) is 20.8 Å². The molecule has 2 aromatic carbocycles. The van der Waals surface area contributed by atoms with Crippen molar-refractivity contribution in [3.8, 4) is 10.8 Å². The maximum atomic E-state index is 13.5. The molecular weight excluding hydrogens is 674 g/mol. The molecule has 2 aliphatic heterocycles. The van der Waals surface area contributed by atoms with Crippen molar-refractivity contribution >= 4 is 52.0 Å². The molecule has 4 heterocycles. The Morgan fingerprint density at radius 3 is 2.56 bits per heavy atom. The SMILES string of the molecule is C=C1CCC(N2C(=O)c3cccc(OCCCCC(=O)C[C@@H]4N=C(c5ccc(Cl)cc5)c5c(sc(C)c5C)-n5c(C)nnc54)c3C2=O)C(=O)C1.